The highest BCUT2D eigenvalue weighted by atomic mass is 35.5. The van der Waals surface area contributed by atoms with Crippen LogP contribution in [0.1, 0.15) is 37.0 Å². The molecule has 0 aliphatic carbocycles. The first kappa shape index (κ1) is 19.2. The average Bonchev–Trinajstić information content (AvgIpc) is 2.38. The van der Waals surface area contributed by atoms with Crippen molar-refractivity contribution in [3.8, 4) is 0 Å². The van der Waals surface area contributed by atoms with Gasteiger partial charge in [0.25, 0.3) is 5.91 Å². The maximum absolute atomic E-state index is 11.9. The lowest BCUT2D eigenvalue weighted by molar-refractivity contribution is 0.0928. The summed E-state index contributed by atoms with van der Waals surface area (Å²) >= 11 is 0. The van der Waals surface area contributed by atoms with Crippen LogP contribution in [0.3, 0.4) is 0 Å². The Balaban J connectivity index is 0.00000180. The lowest BCUT2D eigenvalue weighted by Crippen LogP contribution is -2.52. The summed E-state index contributed by atoms with van der Waals surface area (Å²) in [6.07, 6.45) is 5.69. The summed E-state index contributed by atoms with van der Waals surface area (Å²) in [5.41, 5.74) is 0.905. The molecule has 1 amide bonds. The number of halogens is 2. The summed E-state index contributed by atoms with van der Waals surface area (Å²) in [4.78, 5) is 15.8. The zero-order chi connectivity index (χ0) is 13.0. The highest BCUT2D eigenvalue weighted by molar-refractivity contribution is 5.93. The fraction of sp³-hybridized carbons (Fsp3) is 0.571. The van der Waals surface area contributed by atoms with Gasteiger partial charge >= 0.3 is 0 Å². The van der Waals surface area contributed by atoms with Gasteiger partial charge in [-0.05, 0) is 36.9 Å². The van der Waals surface area contributed by atoms with Crippen molar-refractivity contribution >= 4 is 30.7 Å². The van der Waals surface area contributed by atoms with Gasteiger partial charge in [-0.1, -0.05) is 13.8 Å². The van der Waals surface area contributed by atoms with Gasteiger partial charge < -0.3 is 10.6 Å². The molecular weight excluding hydrogens is 297 g/mol. The van der Waals surface area contributed by atoms with Crippen molar-refractivity contribution < 1.29 is 4.79 Å². The van der Waals surface area contributed by atoms with E-state index in [2.05, 4.69) is 29.5 Å². The summed E-state index contributed by atoms with van der Waals surface area (Å²) in [7, 11) is 0. The molecule has 1 aliphatic heterocycles. The Kier molecular flexibility index (Phi) is 8.09. The van der Waals surface area contributed by atoms with Crippen molar-refractivity contribution in [3.05, 3.63) is 30.1 Å². The van der Waals surface area contributed by atoms with Crippen LogP contribution in [0.25, 0.3) is 0 Å². The van der Waals surface area contributed by atoms with Gasteiger partial charge in [0.15, 0.2) is 0 Å². The van der Waals surface area contributed by atoms with Crippen LogP contribution in [-0.2, 0) is 0 Å². The Morgan fingerprint density at radius 2 is 2.05 bits per heavy atom. The van der Waals surface area contributed by atoms with Crippen molar-refractivity contribution in [2.24, 2.45) is 5.41 Å². The van der Waals surface area contributed by atoms with E-state index >= 15 is 0 Å². The summed E-state index contributed by atoms with van der Waals surface area (Å²) in [6.45, 7) is 6.22. The van der Waals surface area contributed by atoms with E-state index in [0.29, 0.717) is 18.2 Å². The second kappa shape index (κ2) is 8.45. The lowest BCUT2D eigenvalue weighted by Gasteiger charge is -2.39. The van der Waals surface area contributed by atoms with Gasteiger partial charge in [-0.2, -0.15) is 0 Å². The molecule has 2 heterocycles. The predicted molar refractivity (Wildman–Crippen MR) is 85.9 cm³/mol. The van der Waals surface area contributed by atoms with Crippen molar-refractivity contribution in [1.29, 1.82) is 0 Å². The van der Waals surface area contributed by atoms with Crippen molar-refractivity contribution in [2.45, 2.75) is 32.7 Å². The number of amides is 1. The fourth-order valence-electron chi connectivity index (χ4n) is 2.42. The third kappa shape index (κ3) is 4.93. The van der Waals surface area contributed by atoms with Crippen LogP contribution < -0.4 is 10.6 Å². The minimum absolute atomic E-state index is 0. The van der Waals surface area contributed by atoms with E-state index in [1.807, 2.05) is 0 Å². The maximum atomic E-state index is 11.9. The SMILES string of the molecule is CC1(C)CCCNC1CNC(=O)c1ccncc1.Cl.Cl. The molecule has 0 aromatic carbocycles. The van der Waals surface area contributed by atoms with E-state index in [1.54, 1.807) is 24.5 Å². The van der Waals surface area contributed by atoms with Crippen molar-refractivity contribution in [2.75, 3.05) is 13.1 Å². The zero-order valence-corrected chi connectivity index (χ0v) is 13.5. The van der Waals surface area contributed by atoms with Crippen LogP contribution in [0.4, 0.5) is 0 Å². The van der Waals surface area contributed by atoms with Gasteiger partial charge in [-0.25, -0.2) is 0 Å². The number of nitrogens with one attached hydrogen (secondary N) is 2. The number of carbonyl (C=O) groups is 1. The number of hydrogen-bond donors (Lipinski definition) is 2. The molecule has 2 N–H and O–H groups in total. The summed E-state index contributed by atoms with van der Waals surface area (Å²) < 4.78 is 0. The Bertz CT molecular complexity index is 412. The van der Waals surface area contributed by atoms with Crippen LogP contribution in [0.15, 0.2) is 24.5 Å². The normalized spacial score (nSPS) is 20.2. The number of nitrogens with zero attached hydrogens (tertiary/aromatic N) is 1. The van der Waals surface area contributed by atoms with Crippen molar-refractivity contribution in [3.63, 3.8) is 0 Å². The Morgan fingerprint density at radius 1 is 1.40 bits per heavy atom. The first-order valence-corrected chi connectivity index (χ1v) is 6.51. The van der Waals surface area contributed by atoms with Crippen LogP contribution in [0.5, 0.6) is 0 Å². The highest BCUT2D eigenvalue weighted by Gasteiger charge is 2.31. The molecule has 0 radical (unpaired) electrons. The lowest BCUT2D eigenvalue weighted by atomic mass is 9.77. The van der Waals surface area contributed by atoms with Crippen LogP contribution in [0, 0.1) is 5.41 Å². The van der Waals surface area contributed by atoms with Gasteiger partial charge in [0.2, 0.25) is 0 Å². The molecule has 1 unspecified atom stereocenters. The number of rotatable bonds is 3. The molecule has 1 aromatic heterocycles. The Morgan fingerprint density at radius 3 is 2.65 bits per heavy atom. The minimum atomic E-state index is -0.0272. The standard InChI is InChI=1S/C14H21N3O.2ClH/c1-14(2)6-3-7-16-12(14)10-17-13(18)11-4-8-15-9-5-11;;/h4-5,8-9,12,16H,3,6-7,10H2,1-2H3,(H,17,18);2*1H. The van der Waals surface area contributed by atoms with Crippen molar-refractivity contribution in [1.82, 2.24) is 15.6 Å². The van der Waals surface area contributed by atoms with E-state index in [9.17, 15) is 4.79 Å². The molecule has 114 valence electrons. The molecule has 4 nitrogen and oxygen atoms in total. The molecule has 1 atom stereocenters. The van der Waals surface area contributed by atoms with E-state index in [-0.39, 0.29) is 36.1 Å². The average molecular weight is 320 g/mol. The molecule has 6 heteroatoms. The molecule has 0 bridgehead atoms. The van der Waals surface area contributed by atoms with E-state index in [4.69, 9.17) is 0 Å². The quantitative estimate of drug-likeness (QED) is 0.899. The molecule has 1 saturated heterocycles. The Labute approximate surface area is 132 Å². The van der Waals surface area contributed by atoms with E-state index < -0.39 is 0 Å². The van der Waals surface area contributed by atoms with Gasteiger partial charge in [0, 0.05) is 30.5 Å². The third-order valence-corrected chi connectivity index (χ3v) is 3.74. The molecule has 20 heavy (non-hydrogen) atoms. The second-order valence-electron chi connectivity index (χ2n) is 5.54. The zero-order valence-electron chi connectivity index (χ0n) is 11.9. The van der Waals surface area contributed by atoms with Gasteiger partial charge in [-0.3, -0.25) is 9.78 Å². The van der Waals surface area contributed by atoms with Gasteiger partial charge in [-0.15, -0.1) is 24.8 Å². The largest absolute Gasteiger partial charge is 0.350 e. The minimum Gasteiger partial charge on any atom is -0.350 e. The first-order chi connectivity index (χ1) is 8.59. The summed E-state index contributed by atoms with van der Waals surface area (Å²) in [5.74, 6) is -0.0272. The number of aromatic nitrogens is 1. The summed E-state index contributed by atoms with van der Waals surface area (Å²) in [5, 5.41) is 6.48. The summed E-state index contributed by atoms with van der Waals surface area (Å²) in [6, 6.07) is 3.81. The topological polar surface area (TPSA) is 54.0 Å². The van der Waals surface area contributed by atoms with Crippen LogP contribution in [-0.4, -0.2) is 30.0 Å². The van der Waals surface area contributed by atoms with Crippen LogP contribution >= 0.6 is 24.8 Å². The molecule has 1 aliphatic rings. The molecule has 0 spiro atoms. The highest BCUT2D eigenvalue weighted by Crippen LogP contribution is 2.29. The second-order valence-corrected chi connectivity index (χ2v) is 5.54. The number of pyridine rings is 1. The maximum Gasteiger partial charge on any atom is 0.251 e. The fourth-order valence-corrected chi connectivity index (χ4v) is 2.42. The predicted octanol–water partition coefficient (Wildman–Crippen LogP) is 2.43. The number of piperidine rings is 1. The monoisotopic (exact) mass is 319 g/mol. The van der Waals surface area contributed by atoms with Gasteiger partial charge in [0.05, 0.1) is 0 Å². The number of hydrogen-bond acceptors (Lipinski definition) is 3. The van der Waals surface area contributed by atoms with Crippen LogP contribution in [0.2, 0.25) is 0 Å². The Hall–Kier alpha value is -0.840. The molecule has 1 fully saturated rings. The third-order valence-electron chi connectivity index (χ3n) is 3.74. The smallest absolute Gasteiger partial charge is 0.251 e. The van der Waals surface area contributed by atoms with E-state index in [1.165, 1.54) is 12.8 Å². The molecular formula is C14H23Cl2N3O. The molecule has 0 saturated carbocycles. The van der Waals surface area contributed by atoms with Gasteiger partial charge in [0.1, 0.15) is 0 Å². The first-order valence-electron chi connectivity index (χ1n) is 6.51. The molecule has 2 rings (SSSR count). The number of carbonyl (C=O) groups excluding carboxylic acids is 1. The van der Waals surface area contributed by atoms with E-state index in [0.717, 1.165) is 6.54 Å². The molecule has 1 aromatic rings.